The van der Waals surface area contributed by atoms with E-state index < -0.39 is 198 Å². The molecule has 2 aliphatic carbocycles. The van der Waals surface area contributed by atoms with Gasteiger partial charge >= 0.3 is 35.7 Å². The molecule has 0 bridgehead atoms. The first kappa shape index (κ1) is 58.4. The number of terminal acetylenes is 1. The van der Waals surface area contributed by atoms with Crippen LogP contribution in [0.25, 0.3) is 0 Å². The first-order valence-electron chi connectivity index (χ1n) is 24.2. The topological polar surface area (TPSA) is 385 Å². The standard InChI is InChI=1S/C52H54N2O25/c1-8-10-31(26-13-14-32(30(15-26)54(68)69)77-50-49(75-25(6)59)48(74-24(5)58)47(73-23(4)57)35(78-50)20-71-22(3)56)79-51(66)53-29-16-37(72-21(2)42(29)61)76-34-18-52(67,36(60)19-55)17-28-39(34)46(65)41-40(44(28)63)43(62)27-11-9-12-33(70-7)38(27)45(41)64/h1,9,11-15,21,29,31,34-35,37,42,47-50,55,61,63,65,67H,10,16-20H2,2-7H3,(H,53,66)/t21?,29?,31?,34-,35?,37?,42?,47-,48?,49-,50+,52-/m0/s1. The summed E-state index contributed by atoms with van der Waals surface area (Å²) < 4.78 is 56.2. The second-order valence-corrected chi connectivity index (χ2v) is 18.7. The number of phenolic OH excluding ortho intramolecular Hbond substituents is 2. The minimum absolute atomic E-state index is 0.0172. The van der Waals surface area contributed by atoms with Crippen LogP contribution in [0, 0.1) is 22.5 Å². The number of hydrogen-bond donors (Lipinski definition) is 6. The minimum Gasteiger partial charge on any atom is -0.507 e. The number of Topliss-reactive ketones (excluding diaryl/α,β-unsaturated/α-hetero) is 1. The largest absolute Gasteiger partial charge is 0.507 e. The van der Waals surface area contributed by atoms with Gasteiger partial charge in [-0.25, -0.2) is 4.79 Å². The van der Waals surface area contributed by atoms with Crippen LogP contribution in [-0.2, 0) is 68.3 Å². The molecule has 7 rings (SSSR count). The van der Waals surface area contributed by atoms with Crippen LogP contribution < -0.4 is 14.8 Å². The van der Waals surface area contributed by atoms with Gasteiger partial charge in [-0.15, -0.1) is 12.3 Å². The van der Waals surface area contributed by atoms with Gasteiger partial charge in [0.2, 0.25) is 18.2 Å². The number of nitrogens with zero attached hydrogens (tertiary/aromatic N) is 1. The Hall–Kier alpha value is -8.26. The maximum absolute atomic E-state index is 14.1. The number of rotatable bonds is 17. The third kappa shape index (κ3) is 12.1. The van der Waals surface area contributed by atoms with Crippen molar-refractivity contribution in [2.75, 3.05) is 20.3 Å². The maximum atomic E-state index is 14.1. The highest BCUT2D eigenvalue weighted by Gasteiger charge is 2.55. The molecule has 6 N–H and O–H groups in total. The number of ketones is 3. The number of nitro benzene ring substituents is 1. The van der Waals surface area contributed by atoms with E-state index in [1.165, 1.54) is 38.3 Å². The zero-order valence-electron chi connectivity index (χ0n) is 43.0. The van der Waals surface area contributed by atoms with E-state index in [-0.39, 0.29) is 33.6 Å². The number of aliphatic hydroxyl groups is 3. The SMILES string of the molecule is C#CCC(OC(=O)NC1CC(O[C@H]2C[C@](O)(C(=O)CO)Cc3c(O)c4c(c(O)c32)C(=O)c2c(OC)cccc2C4=O)OC(C)C1O)c1ccc(O[C@@H]2OC(COC(C)=O)[C@H](OC(C)=O)C(OC(C)=O)[C@@H]2OC(C)=O)c([N+](=O)[O-])c1. The Kier molecular flexibility index (Phi) is 17.6. The number of hydrogen-bond acceptors (Lipinski definition) is 25. The van der Waals surface area contributed by atoms with E-state index in [0.29, 0.717) is 0 Å². The molecular weight excluding hydrogens is 1050 g/mol. The lowest BCUT2D eigenvalue weighted by Gasteiger charge is -2.43. The van der Waals surface area contributed by atoms with Gasteiger partial charge in [-0.1, -0.05) is 18.2 Å². The molecule has 0 spiro atoms. The summed E-state index contributed by atoms with van der Waals surface area (Å²) in [7, 11) is 1.25. The maximum Gasteiger partial charge on any atom is 0.408 e. The number of fused-ring (bicyclic) bond motifs is 3. The second-order valence-electron chi connectivity index (χ2n) is 18.7. The fourth-order valence-corrected chi connectivity index (χ4v) is 9.89. The van der Waals surface area contributed by atoms with Crippen LogP contribution in [0.3, 0.4) is 0 Å². The molecule has 12 atom stereocenters. The number of carbonyl (C=O) groups excluding carboxylic acids is 8. The Labute approximate surface area is 448 Å². The van der Waals surface area contributed by atoms with E-state index in [1.54, 1.807) is 0 Å². The second kappa shape index (κ2) is 23.8. The number of methoxy groups -OCH3 is 1. The van der Waals surface area contributed by atoms with E-state index in [4.69, 9.17) is 53.8 Å². The highest BCUT2D eigenvalue weighted by molar-refractivity contribution is 6.31. The van der Waals surface area contributed by atoms with Crippen molar-refractivity contribution in [1.29, 1.82) is 0 Å². The number of aliphatic hydroxyl groups excluding tert-OH is 2. The number of phenols is 2. The molecule has 3 aromatic rings. The molecule has 2 saturated heterocycles. The van der Waals surface area contributed by atoms with Gasteiger partial charge in [0.25, 0.3) is 0 Å². The summed E-state index contributed by atoms with van der Waals surface area (Å²) in [6, 6.07) is 6.03. The van der Waals surface area contributed by atoms with Crippen LogP contribution in [0.4, 0.5) is 10.5 Å². The summed E-state index contributed by atoms with van der Waals surface area (Å²) >= 11 is 0. The number of nitro groups is 1. The molecule has 422 valence electrons. The van der Waals surface area contributed by atoms with Crippen molar-refractivity contribution in [3.63, 3.8) is 0 Å². The number of ether oxygens (including phenoxy) is 10. The number of carbonyl (C=O) groups is 8. The molecule has 79 heavy (non-hydrogen) atoms. The Morgan fingerprint density at radius 3 is 2.18 bits per heavy atom. The van der Waals surface area contributed by atoms with Crippen molar-refractivity contribution in [3.05, 3.63) is 85.5 Å². The van der Waals surface area contributed by atoms with E-state index >= 15 is 0 Å². The number of aromatic hydroxyl groups is 2. The van der Waals surface area contributed by atoms with Gasteiger partial charge < -0.3 is 78.2 Å². The van der Waals surface area contributed by atoms with Crippen LogP contribution in [0.2, 0.25) is 0 Å². The lowest BCUT2D eigenvalue weighted by molar-refractivity contribution is -0.387. The predicted octanol–water partition coefficient (Wildman–Crippen LogP) is 1.90. The van der Waals surface area contributed by atoms with Crippen molar-refractivity contribution in [2.24, 2.45) is 0 Å². The molecule has 4 aliphatic rings. The van der Waals surface area contributed by atoms with Gasteiger partial charge in [-0.2, -0.15) is 0 Å². The number of alkyl carbamates (subject to hydrolysis) is 1. The molecule has 1 amide bonds. The molecule has 2 aliphatic heterocycles. The molecule has 0 aromatic heterocycles. The predicted molar refractivity (Wildman–Crippen MR) is 259 cm³/mol. The van der Waals surface area contributed by atoms with Crippen molar-refractivity contribution in [2.45, 2.75) is 133 Å². The summed E-state index contributed by atoms with van der Waals surface area (Å²) in [5.74, 6) is -6.55. The van der Waals surface area contributed by atoms with Crippen LogP contribution in [0.1, 0.15) is 115 Å². The normalized spacial score (nSPS) is 26.3. The Balaban J connectivity index is 1.14. The molecule has 27 heteroatoms. The van der Waals surface area contributed by atoms with E-state index in [1.807, 2.05) is 0 Å². The van der Waals surface area contributed by atoms with Crippen LogP contribution in [0.15, 0.2) is 36.4 Å². The Bertz CT molecular complexity index is 3020. The van der Waals surface area contributed by atoms with Crippen LogP contribution >= 0.6 is 0 Å². The Morgan fingerprint density at radius 1 is 0.899 bits per heavy atom. The van der Waals surface area contributed by atoms with Gasteiger partial charge in [0.15, 0.2) is 35.8 Å². The molecule has 0 saturated carbocycles. The number of esters is 4. The lowest BCUT2D eigenvalue weighted by Crippen LogP contribution is -2.63. The van der Waals surface area contributed by atoms with E-state index in [9.17, 15) is 74.0 Å². The monoisotopic (exact) mass is 1110 g/mol. The molecule has 27 nitrogen and oxygen atoms in total. The van der Waals surface area contributed by atoms with E-state index in [2.05, 4.69) is 11.2 Å². The summed E-state index contributed by atoms with van der Waals surface area (Å²) in [5.41, 5.74) is -5.70. The van der Waals surface area contributed by atoms with Crippen LogP contribution in [-0.4, -0.2) is 159 Å². The fraction of sp³-hybridized carbons (Fsp3) is 0.462. The average Bonchev–Trinajstić information content (AvgIpc) is 3.40. The smallest absolute Gasteiger partial charge is 0.408 e. The first-order chi connectivity index (χ1) is 37.3. The highest BCUT2D eigenvalue weighted by Crippen LogP contribution is 2.53. The molecule has 2 fully saturated rings. The van der Waals surface area contributed by atoms with E-state index in [0.717, 1.165) is 39.8 Å². The zero-order valence-corrected chi connectivity index (χ0v) is 43.0. The summed E-state index contributed by atoms with van der Waals surface area (Å²) in [6.45, 7) is 3.61. The summed E-state index contributed by atoms with van der Waals surface area (Å²) in [6.07, 6.45) is -13.5. The number of nitrogens with one attached hydrogen (secondary N) is 1. The number of benzene rings is 3. The van der Waals surface area contributed by atoms with Gasteiger partial charge in [-0.3, -0.25) is 43.7 Å². The molecule has 2 heterocycles. The third-order valence-corrected chi connectivity index (χ3v) is 13.4. The molecule has 3 aromatic carbocycles. The van der Waals surface area contributed by atoms with Crippen molar-refractivity contribution in [3.8, 4) is 35.3 Å². The van der Waals surface area contributed by atoms with Crippen molar-refractivity contribution < 1.29 is 116 Å². The van der Waals surface area contributed by atoms with Crippen LogP contribution in [0.5, 0.6) is 23.0 Å². The number of amides is 1. The molecule has 0 radical (unpaired) electrons. The average molecular weight is 1110 g/mol. The van der Waals surface area contributed by atoms with Crippen molar-refractivity contribution >= 4 is 53.0 Å². The quantitative estimate of drug-likeness (QED) is 0.0220. The highest BCUT2D eigenvalue weighted by atomic mass is 16.7. The minimum atomic E-state index is -2.49. The van der Waals surface area contributed by atoms with Gasteiger partial charge in [0, 0.05) is 75.3 Å². The molecular formula is C52H54N2O25. The lowest BCUT2D eigenvalue weighted by atomic mass is 9.72. The zero-order chi connectivity index (χ0) is 57.9. The fourth-order valence-electron chi connectivity index (χ4n) is 9.89. The van der Waals surface area contributed by atoms with Crippen molar-refractivity contribution in [1.82, 2.24) is 5.32 Å². The van der Waals surface area contributed by atoms with Gasteiger partial charge in [0.1, 0.15) is 54.4 Å². The Morgan fingerprint density at radius 2 is 1.56 bits per heavy atom. The summed E-state index contributed by atoms with van der Waals surface area (Å²) in [4.78, 5) is 115. The molecule has 7 unspecified atom stereocenters. The van der Waals surface area contributed by atoms with Gasteiger partial charge in [-0.05, 0) is 19.1 Å². The third-order valence-electron chi connectivity index (χ3n) is 13.4. The first-order valence-corrected chi connectivity index (χ1v) is 24.2. The summed E-state index contributed by atoms with van der Waals surface area (Å²) in [5, 5.41) is 71.6. The van der Waals surface area contributed by atoms with Gasteiger partial charge in [0.05, 0.1) is 53.4 Å².